The third-order valence-corrected chi connectivity index (χ3v) is 1.78. The molecule has 0 saturated carbocycles. The summed E-state index contributed by atoms with van der Waals surface area (Å²) >= 11 is 0. The van der Waals surface area contributed by atoms with Crippen LogP contribution < -0.4 is 21.3 Å². The van der Waals surface area contributed by atoms with E-state index in [0.717, 1.165) is 0 Å². The minimum absolute atomic E-state index is 0.200. The zero-order chi connectivity index (χ0) is 12.0. The van der Waals surface area contributed by atoms with Gasteiger partial charge >= 0.3 is 12.1 Å². The third kappa shape index (κ3) is 4.40. The summed E-state index contributed by atoms with van der Waals surface area (Å²) in [5, 5.41) is 9.06. The second kappa shape index (κ2) is 5.69. The predicted octanol–water partition coefficient (Wildman–Crippen LogP) is -1.57. The molecule has 0 aromatic rings. The van der Waals surface area contributed by atoms with Gasteiger partial charge in [-0.2, -0.15) is 0 Å². The first-order valence-electron chi connectivity index (χ1n) is 4.73. The molecule has 2 saturated heterocycles. The molecule has 0 radical (unpaired) electrons. The van der Waals surface area contributed by atoms with E-state index in [1.54, 1.807) is 0 Å². The molecule has 8 nitrogen and oxygen atoms in total. The maximum Gasteiger partial charge on any atom is 0.321 e. The van der Waals surface area contributed by atoms with E-state index in [1.807, 2.05) is 0 Å². The molecule has 8 heteroatoms. The van der Waals surface area contributed by atoms with Crippen LogP contribution in [-0.4, -0.2) is 37.0 Å². The number of carbonyl (C=O) groups excluding carboxylic acids is 4. The Morgan fingerprint density at radius 1 is 0.688 bits per heavy atom. The van der Waals surface area contributed by atoms with Gasteiger partial charge in [-0.05, 0) is 0 Å². The standard InChI is InChI=1S/2C4H6N2O2/c2*7-3-1-2-5-4(8)6-3/h2*1-2H2,(H2,5,6,7,8). The largest absolute Gasteiger partial charge is 0.337 e. The molecule has 0 spiro atoms. The van der Waals surface area contributed by atoms with Gasteiger partial charge < -0.3 is 10.6 Å². The van der Waals surface area contributed by atoms with Crippen LogP contribution in [0.3, 0.4) is 0 Å². The zero-order valence-electron chi connectivity index (χ0n) is 8.46. The molecule has 2 rings (SSSR count). The van der Waals surface area contributed by atoms with Crippen molar-refractivity contribution in [2.75, 3.05) is 13.1 Å². The van der Waals surface area contributed by atoms with Crippen LogP contribution >= 0.6 is 0 Å². The van der Waals surface area contributed by atoms with Crippen molar-refractivity contribution in [1.29, 1.82) is 0 Å². The fourth-order valence-corrected chi connectivity index (χ4v) is 1.05. The molecule has 0 aliphatic carbocycles. The highest BCUT2D eigenvalue weighted by atomic mass is 16.2. The van der Waals surface area contributed by atoms with Crippen LogP contribution in [0.1, 0.15) is 12.8 Å². The van der Waals surface area contributed by atoms with E-state index < -0.39 is 0 Å². The molecule has 0 unspecified atom stereocenters. The van der Waals surface area contributed by atoms with Crippen molar-refractivity contribution < 1.29 is 19.2 Å². The van der Waals surface area contributed by atoms with Crippen molar-refractivity contribution in [1.82, 2.24) is 21.3 Å². The molecule has 0 aromatic carbocycles. The van der Waals surface area contributed by atoms with E-state index in [4.69, 9.17) is 0 Å². The predicted molar refractivity (Wildman–Crippen MR) is 52.3 cm³/mol. The first kappa shape index (κ1) is 12.0. The van der Waals surface area contributed by atoms with Crippen LogP contribution in [-0.2, 0) is 9.59 Å². The molecule has 2 fully saturated rings. The van der Waals surface area contributed by atoms with Crippen molar-refractivity contribution in [3.05, 3.63) is 0 Å². The third-order valence-electron chi connectivity index (χ3n) is 1.78. The minimum Gasteiger partial charge on any atom is -0.337 e. The number of carbonyl (C=O) groups is 4. The van der Waals surface area contributed by atoms with E-state index in [2.05, 4.69) is 21.3 Å². The van der Waals surface area contributed by atoms with Gasteiger partial charge in [0.25, 0.3) is 0 Å². The van der Waals surface area contributed by atoms with Gasteiger partial charge in [0.2, 0.25) is 11.8 Å². The highest BCUT2D eigenvalue weighted by Crippen LogP contribution is 1.83. The fourth-order valence-electron chi connectivity index (χ4n) is 1.05. The number of nitrogens with one attached hydrogen (secondary N) is 4. The van der Waals surface area contributed by atoms with Gasteiger partial charge in [0.1, 0.15) is 0 Å². The zero-order valence-corrected chi connectivity index (χ0v) is 8.46. The normalized spacial score (nSPS) is 19.5. The Morgan fingerprint density at radius 2 is 1.06 bits per heavy atom. The van der Waals surface area contributed by atoms with Crippen molar-refractivity contribution in [3.63, 3.8) is 0 Å². The van der Waals surface area contributed by atoms with E-state index in [9.17, 15) is 19.2 Å². The summed E-state index contributed by atoms with van der Waals surface area (Å²) in [6.45, 7) is 0.926. The monoisotopic (exact) mass is 228 g/mol. The summed E-state index contributed by atoms with van der Waals surface area (Å²) < 4.78 is 0. The molecule has 6 amide bonds. The van der Waals surface area contributed by atoms with Crippen molar-refractivity contribution in [3.8, 4) is 0 Å². The molecular formula is C8H12N4O4. The van der Waals surface area contributed by atoms with Gasteiger partial charge in [-0.15, -0.1) is 0 Å². The quantitative estimate of drug-likeness (QED) is 0.401. The van der Waals surface area contributed by atoms with Crippen LogP contribution in [0.2, 0.25) is 0 Å². The lowest BCUT2D eigenvalue weighted by Gasteiger charge is -2.10. The van der Waals surface area contributed by atoms with Gasteiger partial charge in [0, 0.05) is 25.9 Å². The average molecular weight is 228 g/mol. The number of hydrogen-bond acceptors (Lipinski definition) is 4. The van der Waals surface area contributed by atoms with Crippen LogP contribution in [0.25, 0.3) is 0 Å². The maximum atomic E-state index is 10.3. The lowest BCUT2D eigenvalue weighted by atomic mass is 10.3. The van der Waals surface area contributed by atoms with Crippen LogP contribution in [0.15, 0.2) is 0 Å². The summed E-state index contributed by atoms with van der Waals surface area (Å²) in [6, 6.07) is -0.775. The Morgan fingerprint density at radius 3 is 1.25 bits per heavy atom. The highest BCUT2D eigenvalue weighted by molar-refractivity contribution is 5.97. The maximum absolute atomic E-state index is 10.3. The Kier molecular flexibility index (Phi) is 4.25. The second-order valence-electron chi connectivity index (χ2n) is 3.11. The summed E-state index contributed by atoms with van der Waals surface area (Å²) in [4.78, 5) is 41.1. The van der Waals surface area contributed by atoms with Gasteiger partial charge in [0.15, 0.2) is 0 Å². The first-order chi connectivity index (χ1) is 7.58. The molecule has 2 aliphatic heterocycles. The van der Waals surface area contributed by atoms with E-state index in [1.165, 1.54) is 0 Å². The lowest BCUT2D eigenvalue weighted by molar-refractivity contribution is -0.121. The van der Waals surface area contributed by atoms with Crippen molar-refractivity contribution >= 4 is 23.9 Å². The molecule has 16 heavy (non-hydrogen) atoms. The fraction of sp³-hybridized carbons (Fsp3) is 0.500. The number of hydrogen-bond donors (Lipinski definition) is 4. The van der Waals surface area contributed by atoms with Gasteiger partial charge in [-0.25, -0.2) is 9.59 Å². The Hall–Kier alpha value is -2.12. The van der Waals surface area contributed by atoms with E-state index in [-0.39, 0.29) is 23.9 Å². The smallest absolute Gasteiger partial charge is 0.321 e. The van der Waals surface area contributed by atoms with Gasteiger partial charge in [-0.1, -0.05) is 0 Å². The molecule has 88 valence electrons. The Bertz CT molecular complexity index is 268. The number of urea groups is 2. The molecule has 2 heterocycles. The van der Waals surface area contributed by atoms with Gasteiger partial charge in [0.05, 0.1) is 0 Å². The number of amides is 6. The highest BCUT2D eigenvalue weighted by Gasteiger charge is 2.12. The average Bonchev–Trinajstić information content (AvgIpc) is 2.17. The first-order valence-corrected chi connectivity index (χ1v) is 4.73. The summed E-state index contributed by atoms with van der Waals surface area (Å²) in [5.74, 6) is -0.400. The summed E-state index contributed by atoms with van der Waals surface area (Å²) in [6.07, 6.45) is 0.789. The SMILES string of the molecule is O=C1CCNC(=O)N1.O=C1CCNC(=O)N1. The Labute approximate surface area is 91.1 Å². The van der Waals surface area contributed by atoms with E-state index >= 15 is 0 Å². The van der Waals surface area contributed by atoms with Gasteiger partial charge in [-0.3, -0.25) is 20.2 Å². The molecule has 0 bridgehead atoms. The molecule has 4 N–H and O–H groups in total. The topological polar surface area (TPSA) is 116 Å². The summed E-state index contributed by atoms with van der Waals surface area (Å²) in [5.41, 5.74) is 0. The van der Waals surface area contributed by atoms with Crippen LogP contribution in [0.4, 0.5) is 9.59 Å². The second-order valence-corrected chi connectivity index (χ2v) is 3.11. The molecule has 2 aliphatic rings. The van der Waals surface area contributed by atoms with Crippen molar-refractivity contribution in [2.24, 2.45) is 0 Å². The molecule has 0 aromatic heterocycles. The van der Waals surface area contributed by atoms with Crippen molar-refractivity contribution in [2.45, 2.75) is 12.8 Å². The number of imide groups is 2. The molecule has 0 atom stereocenters. The molecular weight excluding hydrogens is 216 g/mol. The van der Waals surface area contributed by atoms with Crippen LogP contribution in [0, 0.1) is 0 Å². The van der Waals surface area contributed by atoms with Crippen LogP contribution in [0.5, 0.6) is 0 Å². The lowest BCUT2D eigenvalue weighted by Crippen LogP contribution is -2.46. The van der Waals surface area contributed by atoms with E-state index in [0.29, 0.717) is 25.9 Å². The summed E-state index contributed by atoms with van der Waals surface area (Å²) in [7, 11) is 0. The Balaban J connectivity index is 0.000000160. The minimum atomic E-state index is -0.388. The number of rotatable bonds is 0.